The number of halogens is 2. The molecule has 3 aliphatic rings. The molecule has 10 heteroatoms. The summed E-state index contributed by atoms with van der Waals surface area (Å²) in [5.74, 6) is 2.23. The van der Waals surface area contributed by atoms with Gasteiger partial charge in [-0.2, -0.15) is 0 Å². The van der Waals surface area contributed by atoms with Crippen molar-refractivity contribution in [3.05, 3.63) is 73.1 Å². The monoisotopic (exact) mass is 567 g/mol. The number of piperazine rings is 1. The topological polar surface area (TPSA) is 83.0 Å². The number of rotatable bonds is 5. The van der Waals surface area contributed by atoms with E-state index in [-0.39, 0.29) is 11.5 Å². The van der Waals surface area contributed by atoms with E-state index in [0.717, 1.165) is 72.9 Å². The molecule has 3 aromatic rings. The number of nitrogens with one attached hydrogen (secondary N) is 1. The minimum atomic E-state index is -0.0553. The van der Waals surface area contributed by atoms with Crippen molar-refractivity contribution < 1.29 is 9.47 Å². The number of methoxy groups -OCH3 is 2. The minimum absolute atomic E-state index is 0.0553. The summed E-state index contributed by atoms with van der Waals surface area (Å²) in [5.41, 5.74) is 5.84. The number of hydrogen-bond donors (Lipinski definition) is 1. The zero-order valence-corrected chi connectivity index (χ0v) is 23.6. The van der Waals surface area contributed by atoms with E-state index in [2.05, 4.69) is 20.9 Å². The number of anilines is 2. The fraction of sp³-hybridized carbons (Fsp3) is 0.414. The third-order valence-electron chi connectivity index (χ3n) is 8.04. The summed E-state index contributed by atoms with van der Waals surface area (Å²) in [7, 11) is 3.30. The Hall–Kier alpha value is -3.23. The molecule has 1 N–H and O–H groups in total. The molecule has 1 fully saturated rings. The SMILES string of the molecule is COc1cc2c(cc1OC)C(C1CCc3nc(N4CCN(c5c(Cl)cccc5Cl)CC4)[nH]c(=O)c3C1)=NCC2. The number of aliphatic imine (C=N–C) groups is 1. The minimum Gasteiger partial charge on any atom is -0.493 e. The maximum absolute atomic E-state index is 13.3. The average Bonchev–Trinajstić information content (AvgIpc) is 2.96. The van der Waals surface area contributed by atoms with Crippen LogP contribution < -0.4 is 24.8 Å². The first kappa shape index (κ1) is 26.0. The normalized spacial score (nSPS) is 18.8. The molecule has 8 nitrogen and oxygen atoms in total. The molecule has 0 amide bonds. The lowest BCUT2D eigenvalue weighted by Crippen LogP contribution is -2.48. The van der Waals surface area contributed by atoms with Crippen LogP contribution in [0.3, 0.4) is 0 Å². The number of nitrogens with zero attached hydrogens (tertiary/aromatic N) is 4. The quantitative estimate of drug-likeness (QED) is 0.486. The van der Waals surface area contributed by atoms with Gasteiger partial charge in [0.05, 0.1) is 35.6 Å². The Kier molecular flexibility index (Phi) is 7.16. The molecule has 39 heavy (non-hydrogen) atoms. The van der Waals surface area contributed by atoms with E-state index in [1.165, 1.54) is 5.56 Å². The van der Waals surface area contributed by atoms with Crippen LogP contribution in [0.25, 0.3) is 0 Å². The van der Waals surface area contributed by atoms with Gasteiger partial charge in [0, 0.05) is 55.5 Å². The van der Waals surface area contributed by atoms with Crippen LogP contribution in [-0.2, 0) is 19.3 Å². The van der Waals surface area contributed by atoms with Gasteiger partial charge in [-0.1, -0.05) is 29.3 Å². The summed E-state index contributed by atoms with van der Waals surface area (Å²) < 4.78 is 11.1. The molecule has 1 aliphatic carbocycles. The number of ether oxygens (including phenoxy) is 2. The second-order valence-electron chi connectivity index (χ2n) is 10.2. The summed E-state index contributed by atoms with van der Waals surface area (Å²) in [5, 5.41) is 1.29. The summed E-state index contributed by atoms with van der Waals surface area (Å²) in [6.45, 7) is 3.63. The molecule has 1 atom stereocenters. The van der Waals surface area contributed by atoms with Crippen LogP contribution in [-0.4, -0.2) is 62.6 Å². The first-order valence-electron chi connectivity index (χ1n) is 13.3. The van der Waals surface area contributed by atoms with Crippen molar-refractivity contribution in [2.75, 3.05) is 56.7 Å². The third-order valence-corrected chi connectivity index (χ3v) is 8.65. The van der Waals surface area contributed by atoms with E-state index in [0.29, 0.717) is 41.3 Å². The lowest BCUT2D eigenvalue weighted by Gasteiger charge is -2.37. The molecule has 204 valence electrons. The smallest absolute Gasteiger partial charge is 0.255 e. The molecule has 3 heterocycles. The summed E-state index contributed by atoms with van der Waals surface area (Å²) >= 11 is 12.8. The van der Waals surface area contributed by atoms with Gasteiger partial charge in [0.25, 0.3) is 5.56 Å². The second-order valence-corrected chi connectivity index (χ2v) is 11.0. The molecular weight excluding hydrogens is 537 g/mol. The number of fused-ring (bicyclic) bond motifs is 2. The molecule has 0 bridgehead atoms. The fourth-order valence-corrected chi connectivity index (χ4v) is 6.66. The van der Waals surface area contributed by atoms with Crippen LogP contribution in [0, 0.1) is 5.92 Å². The molecule has 1 unspecified atom stereocenters. The molecule has 0 spiro atoms. The molecule has 1 aromatic heterocycles. The van der Waals surface area contributed by atoms with Gasteiger partial charge in [-0.15, -0.1) is 0 Å². The van der Waals surface area contributed by atoms with Crippen molar-refractivity contribution in [3.8, 4) is 11.5 Å². The van der Waals surface area contributed by atoms with Crippen LogP contribution in [0.15, 0.2) is 40.1 Å². The summed E-state index contributed by atoms with van der Waals surface area (Å²) in [4.78, 5) is 30.6. The number of hydrogen-bond acceptors (Lipinski definition) is 7. The van der Waals surface area contributed by atoms with Crippen LogP contribution in [0.5, 0.6) is 11.5 Å². The van der Waals surface area contributed by atoms with Gasteiger partial charge < -0.3 is 19.3 Å². The number of H-pyrrole nitrogens is 1. The highest BCUT2D eigenvalue weighted by Crippen LogP contribution is 2.37. The van der Waals surface area contributed by atoms with E-state index in [4.69, 9.17) is 42.7 Å². The summed E-state index contributed by atoms with van der Waals surface area (Å²) in [6, 6.07) is 9.65. The number of para-hydroxylation sites is 1. The highest BCUT2D eigenvalue weighted by molar-refractivity contribution is 6.39. The Balaban J connectivity index is 1.20. The standard InChI is InChI=1S/C29H31Cl2N5O3/c1-38-24-15-17-8-9-32-26(19(17)16-25(24)39-2)18-6-7-23-20(14-18)28(37)34-29(33-23)36-12-10-35(11-13-36)27-21(30)4-3-5-22(27)31/h3-5,15-16,18H,6-14H2,1-2H3,(H,33,34,37). The Morgan fingerprint density at radius 3 is 2.38 bits per heavy atom. The van der Waals surface area contributed by atoms with Crippen molar-refractivity contribution in [1.29, 1.82) is 0 Å². The molecule has 2 aromatic carbocycles. The highest BCUT2D eigenvalue weighted by Gasteiger charge is 2.31. The number of aryl methyl sites for hydroxylation is 1. The Labute approximate surface area is 237 Å². The lowest BCUT2D eigenvalue weighted by molar-refractivity contribution is 0.354. The maximum atomic E-state index is 13.3. The van der Waals surface area contributed by atoms with Crippen molar-refractivity contribution in [3.63, 3.8) is 0 Å². The fourth-order valence-electron chi connectivity index (χ4n) is 6.02. The Morgan fingerprint density at radius 2 is 1.67 bits per heavy atom. The molecule has 2 aliphatic heterocycles. The van der Waals surface area contributed by atoms with Gasteiger partial charge in [-0.3, -0.25) is 14.8 Å². The van der Waals surface area contributed by atoms with E-state index in [1.54, 1.807) is 14.2 Å². The van der Waals surface area contributed by atoms with E-state index >= 15 is 0 Å². The molecular formula is C29H31Cl2N5O3. The van der Waals surface area contributed by atoms with Crippen molar-refractivity contribution in [2.24, 2.45) is 10.9 Å². The summed E-state index contributed by atoms with van der Waals surface area (Å²) in [6.07, 6.45) is 3.13. The van der Waals surface area contributed by atoms with Gasteiger partial charge in [-0.05, 0) is 55.5 Å². The first-order chi connectivity index (χ1) is 19.0. The van der Waals surface area contributed by atoms with Crippen molar-refractivity contribution in [1.82, 2.24) is 9.97 Å². The number of aromatic amines is 1. The average molecular weight is 569 g/mol. The van der Waals surface area contributed by atoms with Gasteiger partial charge in [0.15, 0.2) is 11.5 Å². The van der Waals surface area contributed by atoms with Crippen LogP contribution in [0.1, 0.15) is 28.8 Å². The van der Waals surface area contributed by atoms with Crippen LogP contribution in [0.4, 0.5) is 11.6 Å². The van der Waals surface area contributed by atoms with Crippen molar-refractivity contribution in [2.45, 2.75) is 25.7 Å². The zero-order chi connectivity index (χ0) is 27.1. The predicted octanol–water partition coefficient (Wildman–Crippen LogP) is 4.57. The highest BCUT2D eigenvalue weighted by atomic mass is 35.5. The molecule has 0 saturated carbocycles. The predicted molar refractivity (Wildman–Crippen MR) is 156 cm³/mol. The van der Waals surface area contributed by atoms with Gasteiger partial charge >= 0.3 is 0 Å². The zero-order valence-electron chi connectivity index (χ0n) is 22.1. The number of benzene rings is 2. The van der Waals surface area contributed by atoms with E-state index in [9.17, 15) is 4.79 Å². The first-order valence-corrected chi connectivity index (χ1v) is 14.1. The van der Waals surface area contributed by atoms with E-state index < -0.39 is 0 Å². The largest absolute Gasteiger partial charge is 0.493 e. The lowest BCUT2D eigenvalue weighted by atomic mass is 9.79. The van der Waals surface area contributed by atoms with E-state index in [1.807, 2.05) is 24.3 Å². The van der Waals surface area contributed by atoms with Gasteiger partial charge in [-0.25, -0.2) is 4.98 Å². The van der Waals surface area contributed by atoms with Crippen LogP contribution >= 0.6 is 23.2 Å². The molecule has 1 saturated heterocycles. The van der Waals surface area contributed by atoms with Gasteiger partial charge in [0.2, 0.25) is 5.95 Å². The Bertz CT molecular complexity index is 1480. The Morgan fingerprint density at radius 1 is 0.974 bits per heavy atom. The third kappa shape index (κ3) is 4.85. The van der Waals surface area contributed by atoms with Crippen molar-refractivity contribution >= 4 is 40.5 Å². The number of aromatic nitrogens is 2. The molecule has 6 rings (SSSR count). The maximum Gasteiger partial charge on any atom is 0.255 e. The molecule has 0 radical (unpaired) electrons. The van der Waals surface area contributed by atoms with Gasteiger partial charge in [0.1, 0.15) is 0 Å². The second kappa shape index (κ2) is 10.7. The van der Waals surface area contributed by atoms with Crippen LogP contribution in [0.2, 0.25) is 10.0 Å².